The van der Waals surface area contributed by atoms with E-state index in [1.165, 1.54) is 0 Å². The van der Waals surface area contributed by atoms with Crippen LogP contribution in [0.15, 0.2) is 22.7 Å². The van der Waals surface area contributed by atoms with Gasteiger partial charge in [0, 0.05) is 4.47 Å². The van der Waals surface area contributed by atoms with Gasteiger partial charge in [0.2, 0.25) is 0 Å². The fraction of sp³-hybridized carbons (Fsp3) is 0.308. The van der Waals surface area contributed by atoms with E-state index in [-0.39, 0.29) is 5.91 Å². The van der Waals surface area contributed by atoms with Gasteiger partial charge in [0.1, 0.15) is 0 Å². The molecule has 84 valence electrons. The lowest BCUT2D eigenvalue weighted by Gasteiger charge is -2.20. The van der Waals surface area contributed by atoms with Crippen LogP contribution >= 0.6 is 15.9 Å². The Morgan fingerprint density at radius 3 is 2.69 bits per heavy atom. The van der Waals surface area contributed by atoms with Crippen LogP contribution in [-0.2, 0) is 0 Å². The number of nitrogens with one attached hydrogen (secondary N) is 1. The van der Waals surface area contributed by atoms with E-state index in [4.69, 9.17) is 6.42 Å². The van der Waals surface area contributed by atoms with E-state index in [0.717, 1.165) is 10.0 Å². The van der Waals surface area contributed by atoms with Crippen molar-refractivity contribution >= 4 is 21.8 Å². The van der Waals surface area contributed by atoms with Gasteiger partial charge in [-0.1, -0.05) is 17.6 Å². The zero-order valence-corrected chi connectivity index (χ0v) is 11.2. The third-order valence-electron chi connectivity index (χ3n) is 2.15. The van der Waals surface area contributed by atoms with Crippen molar-refractivity contribution in [2.45, 2.75) is 26.3 Å². The van der Waals surface area contributed by atoms with Gasteiger partial charge in [-0.05, 0) is 48.8 Å². The summed E-state index contributed by atoms with van der Waals surface area (Å²) in [5.74, 6) is 2.36. The second-order valence-electron chi connectivity index (χ2n) is 4.21. The monoisotopic (exact) mass is 279 g/mol. The van der Waals surface area contributed by atoms with Crippen LogP contribution in [0.3, 0.4) is 0 Å². The van der Waals surface area contributed by atoms with Crippen LogP contribution in [0.2, 0.25) is 0 Å². The Labute approximate surface area is 105 Å². The van der Waals surface area contributed by atoms with Crippen LogP contribution < -0.4 is 5.32 Å². The predicted octanol–water partition coefficient (Wildman–Crippen LogP) is 2.90. The number of rotatable bonds is 2. The zero-order chi connectivity index (χ0) is 12.3. The standard InChI is InChI=1S/C13H14BrNO/c1-5-13(3,4)15-12(16)10-8-9(2)6-7-11(10)14/h1,6-8H,2-4H3,(H,15,16). The van der Waals surface area contributed by atoms with Crippen LogP contribution in [0, 0.1) is 19.3 Å². The molecule has 2 nitrogen and oxygen atoms in total. The van der Waals surface area contributed by atoms with Gasteiger partial charge in [-0.2, -0.15) is 0 Å². The van der Waals surface area contributed by atoms with E-state index >= 15 is 0 Å². The fourth-order valence-corrected chi connectivity index (χ4v) is 1.63. The van der Waals surface area contributed by atoms with Gasteiger partial charge in [0.25, 0.3) is 5.91 Å². The second kappa shape index (κ2) is 4.71. The molecular formula is C13H14BrNO. The molecule has 0 saturated carbocycles. The number of benzene rings is 1. The average molecular weight is 280 g/mol. The molecule has 3 heteroatoms. The van der Waals surface area contributed by atoms with Crippen molar-refractivity contribution in [1.82, 2.24) is 5.32 Å². The number of carbonyl (C=O) groups is 1. The van der Waals surface area contributed by atoms with Gasteiger partial charge in [-0.15, -0.1) is 6.42 Å². The highest BCUT2D eigenvalue weighted by molar-refractivity contribution is 9.10. The van der Waals surface area contributed by atoms with Gasteiger partial charge in [0.05, 0.1) is 11.1 Å². The first-order valence-corrected chi connectivity index (χ1v) is 5.71. The molecular weight excluding hydrogens is 266 g/mol. The Balaban J connectivity index is 2.98. The first-order valence-electron chi connectivity index (χ1n) is 4.92. The summed E-state index contributed by atoms with van der Waals surface area (Å²) in [5.41, 5.74) is 0.996. The van der Waals surface area contributed by atoms with E-state index in [9.17, 15) is 4.79 Å². The summed E-state index contributed by atoms with van der Waals surface area (Å²) in [6.45, 7) is 5.51. The van der Waals surface area contributed by atoms with Gasteiger partial charge in [0.15, 0.2) is 0 Å². The van der Waals surface area contributed by atoms with Crippen LogP contribution in [-0.4, -0.2) is 11.4 Å². The Morgan fingerprint density at radius 2 is 2.12 bits per heavy atom. The quantitative estimate of drug-likeness (QED) is 0.829. The zero-order valence-electron chi connectivity index (χ0n) is 9.60. The van der Waals surface area contributed by atoms with E-state index in [2.05, 4.69) is 27.2 Å². The summed E-state index contributed by atoms with van der Waals surface area (Å²) in [6.07, 6.45) is 5.32. The lowest BCUT2D eigenvalue weighted by atomic mass is 10.1. The summed E-state index contributed by atoms with van der Waals surface area (Å²) in [7, 11) is 0. The van der Waals surface area contributed by atoms with Crippen LogP contribution in [0.1, 0.15) is 29.8 Å². The molecule has 1 aromatic carbocycles. The maximum absolute atomic E-state index is 12.0. The smallest absolute Gasteiger partial charge is 0.253 e. The van der Waals surface area contributed by atoms with Gasteiger partial charge in [-0.3, -0.25) is 4.79 Å². The van der Waals surface area contributed by atoms with E-state index in [0.29, 0.717) is 5.56 Å². The summed E-state index contributed by atoms with van der Waals surface area (Å²) in [4.78, 5) is 12.0. The fourth-order valence-electron chi connectivity index (χ4n) is 1.20. The molecule has 0 aromatic heterocycles. The van der Waals surface area contributed by atoms with Crippen molar-refractivity contribution in [3.8, 4) is 12.3 Å². The van der Waals surface area contributed by atoms with Crippen molar-refractivity contribution in [2.75, 3.05) is 0 Å². The van der Waals surface area contributed by atoms with E-state index in [1.54, 1.807) is 13.8 Å². The highest BCUT2D eigenvalue weighted by atomic mass is 79.9. The molecule has 0 fully saturated rings. The summed E-state index contributed by atoms with van der Waals surface area (Å²) >= 11 is 3.35. The predicted molar refractivity (Wildman–Crippen MR) is 69.3 cm³/mol. The van der Waals surface area contributed by atoms with E-state index < -0.39 is 5.54 Å². The molecule has 0 bridgehead atoms. The molecule has 0 atom stereocenters. The van der Waals surface area contributed by atoms with Crippen LogP contribution in [0.25, 0.3) is 0 Å². The molecule has 1 rings (SSSR count). The molecule has 0 aliphatic rings. The van der Waals surface area contributed by atoms with Crippen molar-refractivity contribution in [3.63, 3.8) is 0 Å². The average Bonchev–Trinajstić information content (AvgIpc) is 2.21. The van der Waals surface area contributed by atoms with Gasteiger partial charge < -0.3 is 5.32 Å². The molecule has 1 amide bonds. The van der Waals surface area contributed by atoms with Crippen molar-refractivity contribution in [3.05, 3.63) is 33.8 Å². The van der Waals surface area contributed by atoms with Gasteiger partial charge in [-0.25, -0.2) is 0 Å². The number of hydrogen-bond acceptors (Lipinski definition) is 1. The normalized spacial score (nSPS) is 10.7. The summed E-state index contributed by atoms with van der Waals surface area (Å²) < 4.78 is 0.767. The molecule has 0 saturated heterocycles. The largest absolute Gasteiger partial charge is 0.336 e. The third kappa shape index (κ3) is 3.11. The first-order chi connectivity index (χ1) is 7.35. The topological polar surface area (TPSA) is 29.1 Å². The molecule has 1 N–H and O–H groups in total. The first kappa shape index (κ1) is 12.8. The minimum Gasteiger partial charge on any atom is -0.336 e. The lowest BCUT2D eigenvalue weighted by Crippen LogP contribution is -2.42. The molecule has 0 spiro atoms. The number of halogens is 1. The summed E-state index contributed by atoms with van der Waals surface area (Å²) in [5, 5.41) is 2.79. The Kier molecular flexibility index (Phi) is 3.77. The molecule has 0 unspecified atom stereocenters. The number of hydrogen-bond donors (Lipinski definition) is 1. The Hall–Kier alpha value is -1.27. The number of amides is 1. The number of aryl methyl sites for hydroxylation is 1. The molecule has 0 aliphatic carbocycles. The minimum absolute atomic E-state index is 0.168. The Bertz CT molecular complexity index is 457. The Morgan fingerprint density at radius 1 is 1.50 bits per heavy atom. The van der Waals surface area contributed by atoms with Crippen molar-refractivity contribution < 1.29 is 4.79 Å². The highest BCUT2D eigenvalue weighted by Gasteiger charge is 2.19. The molecule has 1 aromatic rings. The van der Waals surface area contributed by atoms with E-state index in [1.807, 2.05) is 25.1 Å². The molecule has 16 heavy (non-hydrogen) atoms. The van der Waals surface area contributed by atoms with Gasteiger partial charge >= 0.3 is 0 Å². The second-order valence-corrected chi connectivity index (χ2v) is 5.06. The van der Waals surface area contributed by atoms with Crippen LogP contribution in [0.4, 0.5) is 0 Å². The maximum Gasteiger partial charge on any atom is 0.253 e. The number of terminal acetylenes is 1. The molecule has 0 heterocycles. The minimum atomic E-state index is -0.639. The lowest BCUT2D eigenvalue weighted by molar-refractivity contribution is 0.0929. The third-order valence-corrected chi connectivity index (χ3v) is 2.84. The molecule has 0 aliphatic heterocycles. The number of carbonyl (C=O) groups excluding carboxylic acids is 1. The summed E-state index contributed by atoms with van der Waals surface area (Å²) in [6, 6.07) is 5.62. The molecule has 0 radical (unpaired) electrons. The highest BCUT2D eigenvalue weighted by Crippen LogP contribution is 2.18. The van der Waals surface area contributed by atoms with Crippen molar-refractivity contribution in [1.29, 1.82) is 0 Å². The SMILES string of the molecule is C#CC(C)(C)NC(=O)c1cc(C)ccc1Br. The maximum atomic E-state index is 12.0. The van der Waals surface area contributed by atoms with Crippen molar-refractivity contribution in [2.24, 2.45) is 0 Å². The van der Waals surface area contributed by atoms with Crippen LogP contribution in [0.5, 0.6) is 0 Å².